The summed E-state index contributed by atoms with van der Waals surface area (Å²) in [5.41, 5.74) is 0.132. The third-order valence-corrected chi connectivity index (χ3v) is 16.0. The fraction of sp³-hybridized carbons (Fsp3) is 0.377. The number of nitrogens with one attached hydrogen (secondary N) is 3. The number of primary sulfonamides is 1. The van der Waals surface area contributed by atoms with Gasteiger partial charge in [0, 0.05) is 25.7 Å². The summed E-state index contributed by atoms with van der Waals surface area (Å²) >= 11 is 26.5. The van der Waals surface area contributed by atoms with E-state index >= 15 is 0 Å². The molecule has 1 fully saturated rings. The largest absolute Gasteiger partial charge is 0.469 e. The zero-order valence-electron chi connectivity index (χ0n) is 43.5. The summed E-state index contributed by atoms with van der Waals surface area (Å²) in [6.45, 7) is 6.55. The standard InChI is InChI=1S/C53H59Cl4N9O11S2/c1-4-6-7-8-9-10-11-12-13-14-23-76-53(70)34-15-17-38(54)42(26-34)61-52(69)49(33(3)67)77-50-41(57)27-37(28-43(50)60-48(68)5-2)62-63-51-35(32-58)19-20-66(51)45-30-40(56)46(31-39(45)55)79(73,74)64-36-16-18-44(47(29-36)78(59,71)72)65-21-24-75-25-22-65/h15-20,26-31,49,64H,4-14,21-25H2,1-3H3,(H,60,68)(H,61,69)(H2,59,71,72). The fourth-order valence-corrected chi connectivity index (χ4v) is 11.3. The van der Waals surface area contributed by atoms with Crippen LogP contribution < -0.4 is 30.1 Å². The van der Waals surface area contributed by atoms with Crippen molar-refractivity contribution in [3.63, 3.8) is 0 Å². The van der Waals surface area contributed by atoms with E-state index in [1.54, 1.807) is 11.8 Å². The molecule has 5 aromatic rings. The molecular formula is C53H59Cl4N9O11S2. The number of amides is 2. The minimum atomic E-state index is -4.54. The van der Waals surface area contributed by atoms with Crippen molar-refractivity contribution in [3.8, 4) is 17.5 Å². The number of sulfonamides is 2. The van der Waals surface area contributed by atoms with E-state index in [1.807, 2.05) is 6.07 Å². The number of morpholine rings is 1. The third kappa shape index (κ3) is 16.9. The van der Waals surface area contributed by atoms with Gasteiger partial charge in [-0.15, -0.1) is 10.2 Å². The average Bonchev–Trinajstić information content (AvgIpc) is 3.85. The molecule has 1 aromatic heterocycles. The van der Waals surface area contributed by atoms with Crippen LogP contribution in [0.3, 0.4) is 0 Å². The molecule has 1 saturated heterocycles. The minimum Gasteiger partial charge on any atom is -0.469 e. The summed E-state index contributed by atoms with van der Waals surface area (Å²) in [6.07, 6.45) is 10.7. The van der Waals surface area contributed by atoms with Crippen molar-refractivity contribution in [2.24, 2.45) is 15.4 Å². The number of anilines is 4. The number of azo groups is 1. The summed E-state index contributed by atoms with van der Waals surface area (Å²) in [5.74, 6) is -3.32. The molecule has 422 valence electrons. The van der Waals surface area contributed by atoms with Crippen LogP contribution in [0.2, 0.25) is 20.1 Å². The molecule has 0 bridgehead atoms. The molecule has 6 rings (SSSR count). The number of aromatic nitrogens is 1. The molecule has 1 aliphatic heterocycles. The Morgan fingerprint density at radius 1 is 0.759 bits per heavy atom. The fourth-order valence-electron chi connectivity index (χ4n) is 8.21. The molecule has 4 aromatic carbocycles. The van der Waals surface area contributed by atoms with E-state index in [4.69, 9.17) is 65.8 Å². The third-order valence-electron chi connectivity index (χ3n) is 12.3. The van der Waals surface area contributed by atoms with Gasteiger partial charge in [-0.25, -0.2) is 26.8 Å². The zero-order chi connectivity index (χ0) is 57.4. The number of benzene rings is 4. The Morgan fingerprint density at radius 2 is 1.44 bits per heavy atom. The molecule has 79 heavy (non-hydrogen) atoms. The number of carbonyl (C=O) groups is 4. The highest BCUT2D eigenvalue weighted by Crippen LogP contribution is 2.41. The van der Waals surface area contributed by atoms with Crippen molar-refractivity contribution < 1.29 is 50.2 Å². The van der Waals surface area contributed by atoms with E-state index < -0.39 is 54.6 Å². The Labute approximate surface area is 479 Å². The lowest BCUT2D eigenvalue weighted by Gasteiger charge is -2.30. The Balaban J connectivity index is 1.19. The molecule has 0 radical (unpaired) electrons. The van der Waals surface area contributed by atoms with Gasteiger partial charge in [-0.1, -0.05) is 118 Å². The molecule has 0 aliphatic carbocycles. The molecule has 5 N–H and O–H groups in total. The first-order chi connectivity index (χ1) is 37.6. The number of rotatable bonds is 27. The second-order valence-electron chi connectivity index (χ2n) is 18.2. The highest BCUT2D eigenvalue weighted by Gasteiger charge is 2.30. The molecular weight excluding hydrogens is 1140 g/mol. The van der Waals surface area contributed by atoms with Crippen LogP contribution in [0.5, 0.6) is 5.75 Å². The van der Waals surface area contributed by atoms with E-state index in [0.29, 0.717) is 32.7 Å². The van der Waals surface area contributed by atoms with Gasteiger partial charge in [0.25, 0.3) is 15.9 Å². The molecule has 2 heterocycles. The smallest absolute Gasteiger partial charge is 0.338 e. The summed E-state index contributed by atoms with van der Waals surface area (Å²) in [6, 6.07) is 16.2. The van der Waals surface area contributed by atoms with Crippen molar-refractivity contribution in [2.45, 2.75) is 107 Å². The van der Waals surface area contributed by atoms with Crippen LogP contribution in [0, 0.1) is 11.3 Å². The van der Waals surface area contributed by atoms with Crippen molar-refractivity contribution in [1.82, 2.24) is 4.57 Å². The summed E-state index contributed by atoms with van der Waals surface area (Å²) in [5, 5.41) is 28.6. The van der Waals surface area contributed by atoms with Gasteiger partial charge in [0.1, 0.15) is 15.9 Å². The highest BCUT2D eigenvalue weighted by atomic mass is 35.5. The van der Waals surface area contributed by atoms with Crippen LogP contribution in [-0.4, -0.2) is 84.0 Å². The average molecular weight is 1200 g/mol. The summed E-state index contributed by atoms with van der Waals surface area (Å²) in [7, 11) is -8.86. The van der Waals surface area contributed by atoms with Crippen LogP contribution in [-0.2, 0) is 43.9 Å². The minimum absolute atomic E-state index is 0.0105. The number of Topliss-reactive ketones (excluding diaryl/α,β-unsaturated/α-hetero) is 1. The lowest BCUT2D eigenvalue weighted by Crippen LogP contribution is -2.39. The van der Waals surface area contributed by atoms with E-state index in [1.165, 1.54) is 104 Å². The Bertz CT molecular complexity index is 3370. The molecule has 0 saturated carbocycles. The Hall–Kier alpha value is -6.29. The first-order valence-corrected chi connectivity index (χ1v) is 29.8. The number of nitrogens with two attached hydrogens (primary N) is 1. The molecule has 1 aliphatic rings. The molecule has 0 spiro atoms. The van der Waals surface area contributed by atoms with Gasteiger partial charge in [-0.3, -0.25) is 23.7 Å². The van der Waals surface area contributed by atoms with Crippen LogP contribution in [0.1, 0.15) is 107 Å². The number of ketones is 1. The lowest BCUT2D eigenvalue weighted by molar-refractivity contribution is -0.133. The number of hydrogen-bond donors (Lipinski definition) is 4. The first-order valence-electron chi connectivity index (χ1n) is 25.3. The van der Waals surface area contributed by atoms with Crippen molar-refractivity contribution in [3.05, 3.63) is 104 Å². The van der Waals surface area contributed by atoms with Gasteiger partial charge in [-0.05, 0) is 80.1 Å². The van der Waals surface area contributed by atoms with E-state index in [9.17, 15) is 41.3 Å². The van der Waals surface area contributed by atoms with E-state index in [2.05, 4.69) is 32.5 Å². The van der Waals surface area contributed by atoms with Gasteiger partial charge in [0.2, 0.25) is 22.0 Å². The number of halogens is 4. The van der Waals surface area contributed by atoms with Crippen molar-refractivity contribution in [1.29, 1.82) is 5.26 Å². The normalized spacial score (nSPS) is 13.2. The number of nitriles is 1. The Morgan fingerprint density at radius 3 is 2.09 bits per heavy atom. The number of ether oxygens (including phenoxy) is 3. The Kier molecular flexibility index (Phi) is 22.5. The van der Waals surface area contributed by atoms with Gasteiger partial charge >= 0.3 is 5.97 Å². The number of carbonyl (C=O) groups excluding carboxylic acids is 4. The number of hydrogen-bond acceptors (Lipinski definition) is 15. The van der Waals surface area contributed by atoms with Crippen LogP contribution in [0.15, 0.2) is 92.9 Å². The van der Waals surface area contributed by atoms with E-state index in [0.717, 1.165) is 38.3 Å². The van der Waals surface area contributed by atoms with Crippen LogP contribution in [0.4, 0.5) is 34.3 Å². The second kappa shape index (κ2) is 28.7. The zero-order valence-corrected chi connectivity index (χ0v) is 48.1. The predicted molar refractivity (Wildman–Crippen MR) is 304 cm³/mol. The SMILES string of the molecule is CCCCCCCCCCCCOC(=O)c1ccc(Cl)c(NC(=O)C(Oc2c(Cl)cc(N=Nc3c(C#N)ccn3-c3cc(Cl)c(S(=O)(=O)Nc4ccc(N5CCOCC5)c(S(N)(=O)=O)c4)cc3Cl)cc2NC(=O)CC)C(C)=O)c1. The monoisotopic (exact) mass is 1200 g/mol. The van der Waals surface area contributed by atoms with Gasteiger partial charge in [0.05, 0.1) is 85.2 Å². The van der Waals surface area contributed by atoms with Crippen molar-refractivity contribution >= 4 is 124 Å². The van der Waals surface area contributed by atoms with Crippen molar-refractivity contribution in [2.75, 3.05) is 53.2 Å². The topological polar surface area (TPSA) is 283 Å². The summed E-state index contributed by atoms with van der Waals surface area (Å²) < 4.78 is 73.3. The molecule has 20 nitrogen and oxygen atoms in total. The lowest BCUT2D eigenvalue weighted by atomic mass is 10.1. The number of nitrogens with zero attached hydrogens (tertiary/aromatic N) is 5. The molecule has 1 unspecified atom stereocenters. The van der Waals surface area contributed by atoms with Gasteiger partial charge in [-0.2, -0.15) is 5.26 Å². The molecule has 2 amide bonds. The molecule has 1 atom stereocenters. The maximum absolute atomic E-state index is 13.8. The summed E-state index contributed by atoms with van der Waals surface area (Å²) in [4.78, 5) is 53.6. The first kappa shape index (κ1) is 61.9. The van der Waals surface area contributed by atoms with Crippen LogP contribution >= 0.6 is 46.4 Å². The van der Waals surface area contributed by atoms with Gasteiger partial charge < -0.3 is 29.7 Å². The maximum atomic E-state index is 13.8. The second-order valence-corrected chi connectivity index (χ2v) is 23.0. The van der Waals surface area contributed by atoms with E-state index in [-0.39, 0.29) is 94.8 Å². The molecule has 26 heteroatoms. The van der Waals surface area contributed by atoms with Gasteiger partial charge in [0.15, 0.2) is 17.4 Å². The number of unbranched alkanes of at least 4 members (excludes halogenated alkanes) is 9. The highest BCUT2D eigenvalue weighted by molar-refractivity contribution is 7.93. The van der Waals surface area contributed by atoms with Crippen LogP contribution in [0.25, 0.3) is 5.69 Å². The quantitative estimate of drug-likeness (QED) is 0.0165. The number of esters is 1. The maximum Gasteiger partial charge on any atom is 0.338 e. The predicted octanol–water partition coefficient (Wildman–Crippen LogP) is 12.1.